The van der Waals surface area contributed by atoms with Crippen LogP contribution < -0.4 is 5.56 Å². The summed E-state index contributed by atoms with van der Waals surface area (Å²) in [5.74, 6) is 0.588. The Labute approximate surface area is 132 Å². The lowest BCUT2D eigenvalue weighted by Crippen LogP contribution is -2.35. The molecule has 0 aliphatic carbocycles. The van der Waals surface area contributed by atoms with E-state index in [1.54, 1.807) is 24.9 Å². The van der Waals surface area contributed by atoms with Crippen molar-refractivity contribution in [3.63, 3.8) is 0 Å². The van der Waals surface area contributed by atoms with Crippen molar-refractivity contribution in [3.05, 3.63) is 70.3 Å². The van der Waals surface area contributed by atoms with Gasteiger partial charge >= 0.3 is 0 Å². The Kier molecular flexibility index (Phi) is 3.51. The number of aromatic nitrogens is 3. The van der Waals surface area contributed by atoms with Gasteiger partial charge in [-0.15, -0.1) is 0 Å². The van der Waals surface area contributed by atoms with Gasteiger partial charge < -0.3 is 9.40 Å². The summed E-state index contributed by atoms with van der Waals surface area (Å²) in [5, 5.41) is 0. The third-order valence-electron chi connectivity index (χ3n) is 4.07. The highest BCUT2D eigenvalue weighted by Crippen LogP contribution is 2.19. The van der Waals surface area contributed by atoms with Gasteiger partial charge in [0.25, 0.3) is 5.56 Å². The molecule has 0 saturated heterocycles. The van der Waals surface area contributed by atoms with Crippen molar-refractivity contribution in [2.75, 3.05) is 6.54 Å². The number of nitrogens with zero attached hydrogens (tertiary/aromatic N) is 3. The van der Waals surface area contributed by atoms with Gasteiger partial charge in [0.1, 0.15) is 5.82 Å². The number of rotatable bonds is 3. The fourth-order valence-electron chi connectivity index (χ4n) is 2.90. The van der Waals surface area contributed by atoms with Gasteiger partial charge in [-0.25, -0.2) is 4.98 Å². The van der Waals surface area contributed by atoms with Crippen LogP contribution in [0, 0.1) is 0 Å². The third kappa shape index (κ3) is 2.80. The minimum Gasteiger partial charge on any atom is -0.472 e. The zero-order valence-corrected chi connectivity index (χ0v) is 12.5. The molecule has 6 nitrogen and oxygen atoms in total. The van der Waals surface area contributed by atoms with Gasteiger partial charge in [-0.05, 0) is 18.2 Å². The highest BCUT2D eigenvalue weighted by molar-refractivity contribution is 5.53. The van der Waals surface area contributed by atoms with E-state index >= 15 is 0 Å². The molecule has 3 aromatic rings. The van der Waals surface area contributed by atoms with E-state index in [2.05, 4.69) is 19.9 Å². The number of hydrogen-bond donors (Lipinski definition) is 1. The largest absolute Gasteiger partial charge is 0.472 e. The molecule has 4 rings (SSSR count). The van der Waals surface area contributed by atoms with Crippen LogP contribution in [-0.4, -0.2) is 26.4 Å². The van der Waals surface area contributed by atoms with Crippen molar-refractivity contribution in [2.24, 2.45) is 0 Å². The number of nitrogens with one attached hydrogen (secondary N) is 1. The molecule has 1 aliphatic heterocycles. The van der Waals surface area contributed by atoms with Crippen LogP contribution in [0.15, 0.2) is 52.3 Å². The van der Waals surface area contributed by atoms with Crippen LogP contribution in [0.1, 0.15) is 16.8 Å². The Morgan fingerprint density at radius 3 is 3.09 bits per heavy atom. The van der Waals surface area contributed by atoms with Gasteiger partial charge in [-0.2, -0.15) is 0 Å². The quantitative estimate of drug-likeness (QED) is 0.801. The van der Waals surface area contributed by atoms with Crippen molar-refractivity contribution >= 4 is 0 Å². The molecule has 0 fully saturated rings. The monoisotopic (exact) mass is 308 g/mol. The van der Waals surface area contributed by atoms with E-state index < -0.39 is 0 Å². The van der Waals surface area contributed by atoms with Crippen molar-refractivity contribution in [1.29, 1.82) is 0 Å². The van der Waals surface area contributed by atoms with Crippen molar-refractivity contribution in [2.45, 2.75) is 19.5 Å². The first kappa shape index (κ1) is 13.9. The molecule has 0 spiro atoms. The molecule has 0 aromatic carbocycles. The summed E-state index contributed by atoms with van der Waals surface area (Å²) in [6.45, 7) is 2.26. The molecule has 116 valence electrons. The molecule has 3 aromatic heterocycles. The fourth-order valence-corrected chi connectivity index (χ4v) is 2.90. The lowest BCUT2D eigenvalue weighted by atomic mass is 10.1. The van der Waals surface area contributed by atoms with Crippen LogP contribution in [-0.2, 0) is 19.5 Å². The van der Waals surface area contributed by atoms with Crippen molar-refractivity contribution < 1.29 is 4.42 Å². The first-order valence-corrected chi connectivity index (χ1v) is 7.55. The minimum atomic E-state index is -0.0641. The Balaban J connectivity index is 1.62. The maximum Gasteiger partial charge on any atom is 0.255 e. The third-order valence-corrected chi connectivity index (χ3v) is 4.07. The predicted molar refractivity (Wildman–Crippen MR) is 84.6 cm³/mol. The van der Waals surface area contributed by atoms with E-state index in [1.807, 2.05) is 18.2 Å². The second kappa shape index (κ2) is 5.81. The second-order valence-corrected chi connectivity index (χ2v) is 5.67. The van der Waals surface area contributed by atoms with Crippen molar-refractivity contribution in [1.82, 2.24) is 19.9 Å². The summed E-state index contributed by atoms with van der Waals surface area (Å²) in [6.07, 6.45) is 7.59. The summed E-state index contributed by atoms with van der Waals surface area (Å²) in [7, 11) is 0. The smallest absolute Gasteiger partial charge is 0.255 e. The second-order valence-electron chi connectivity index (χ2n) is 5.67. The maximum atomic E-state index is 12.4. The van der Waals surface area contributed by atoms with Gasteiger partial charge in [0.2, 0.25) is 0 Å². The number of fused-ring (bicyclic) bond motifs is 1. The Morgan fingerprint density at radius 2 is 2.30 bits per heavy atom. The van der Waals surface area contributed by atoms with Gasteiger partial charge in [-0.1, -0.05) is 0 Å². The van der Waals surface area contributed by atoms with Crippen molar-refractivity contribution in [3.8, 4) is 11.4 Å². The first-order chi connectivity index (χ1) is 11.3. The fraction of sp³-hybridized carbons (Fsp3) is 0.235. The standard InChI is InChI=1S/C17H16N4O2/c22-17-14-10-21(9-12-4-7-23-11-12)6-3-15(14)19-16(20-17)13-2-1-5-18-8-13/h1-2,4-5,7-8,11H,3,6,9-10H2,(H,19,20,22). The van der Waals surface area contributed by atoms with Crippen LogP contribution in [0.2, 0.25) is 0 Å². The molecule has 6 heteroatoms. The Hall–Kier alpha value is -2.73. The SMILES string of the molecule is O=c1[nH]c(-c2cccnc2)nc2c1CN(Cc1ccoc1)CC2. The molecule has 0 radical (unpaired) electrons. The van der Waals surface area contributed by atoms with Crippen LogP contribution in [0.3, 0.4) is 0 Å². The highest BCUT2D eigenvalue weighted by Gasteiger charge is 2.21. The molecule has 0 unspecified atom stereocenters. The summed E-state index contributed by atoms with van der Waals surface area (Å²) in [4.78, 5) is 26.3. The zero-order chi connectivity index (χ0) is 15.6. The molecule has 4 heterocycles. The molecule has 1 aliphatic rings. The lowest BCUT2D eigenvalue weighted by molar-refractivity contribution is 0.241. The summed E-state index contributed by atoms with van der Waals surface area (Å²) >= 11 is 0. The normalized spacial score (nSPS) is 14.6. The van der Waals surface area contributed by atoms with E-state index in [9.17, 15) is 4.79 Å². The molecule has 0 saturated carbocycles. The molecule has 0 amide bonds. The molecule has 0 atom stereocenters. The van der Waals surface area contributed by atoms with E-state index in [1.165, 1.54) is 0 Å². The van der Waals surface area contributed by atoms with Crippen LogP contribution in [0.4, 0.5) is 0 Å². The molecule has 1 N–H and O–H groups in total. The number of aromatic amines is 1. The number of pyridine rings is 1. The molecular formula is C17H16N4O2. The van der Waals surface area contributed by atoms with Gasteiger partial charge in [0, 0.05) is 49.6 Å². The average molecular weight is 308 g/mol. The number of H-pyrrole nitrogens is 1. The zero-order valence-electron chi connectivity index (χ0n) is 12.5. The predicted octanol–water partition coefficient (Wildman–Crippen LogP) is 1.98. The van der Waals surface area contributed by atoms with Crippen LogP contribution in [0.5, 0.6) is 0 Å². The number of furan rings is 1. The Morgan fingerprint density at radius 1 is 1.35 bits per heavy atom. The first-order valence-electron chi connectivity index (χ1n) is 7.55. The Bertz CT molecular complexity index is 856. The molecule has 0 bridgehead atoms. The maximum absolute atomic E-state index is 12.4. The summed E-state index contributed by atoms with van der Waals surface area (Å²) < 4.78 is 5.10. The average Bonchev–Trinajstić information content (AvgIpc) is 3.09. The number of hydrogen-bond acceptors (Lipinski definition) is 5. The highest BCUT2D eigenvalue weighted by atomic mass is 16.3. The van der Waals surface area contributed by atoms with Crippen LogP contribution >= 0.6 is 0 Å². The molecular weight excluding hydrogens is 292 g/mol. The van der Waals surface area contributed by atoms with E-state index in [-0.39, 0.29) is 5.56 Å². The van der Waals surface area contributed by atoms with Crippen LogP contribution in [0.25, 0.3) is 11.4 Å². The van der Waals surface area contributed by atoms with E-state index in [4.69, 9.17) is 4.42 Å². The summed E-state index contributed by atoms with van der Waals surface area (Å²) in [6, 6.07) is 5.68. The van der Waals surface area contributed by atoms with E-state index in [0.717, 1.165) is 41.9 Å². The van der Waals surface area contributed by atoms with Gasteiger partial charge in [0.05, 0.1) is 23.8 Å². The topological polar surface area (TPSA) is 75.0 Å². The van der Waals surface area contributed by atoms with E-state index in [0.29, 0.717) is 12.4 Å². The van der Waals surface area contributed by atoms with Gasteiger partial charge in [-0.3, -0.25) is 14.7 Å². The molecule has 23 heavy (non-hydrogen) atoms. The lowest BCUT2D eigenvalue weighted by Gasteiger charge is -2.27. The minimum absolute atomic E-state index is 0.0641. The summed E-state index contributed by atoms with van der Waals surface area (Å²) in [5.41, 5.74) is 3.52. The van der Waals surface area contributed by atoms with Gasteiger partial charge in [0.15, 0.2) is 0 Å².